The van der Waals surface area contributed by atoms with Gasteiger partial charge in [0.15, 0.2) is 0 Å². The van der Waals surface area contributed by atoms with Gasteiger partial charge in [0, 0.05) is 0 Å². The zero-order valence-electron chi connectivity index (χ0n) is 12.5. The molecule has 0 aliphatic heterocycles. The Hall–Kier alpha value is 2.35. The zero-order chi connectivity index (χ0) is 14.9. The van der Waals surface area contributed by atoms with E-state index in [4.69, 9.17) is 0 Å². The van der Waals surface area contributed by atoms with Crippen molar-refractivity contribution < 1.29 is 0 Å². The van der Waals surface area contributed by atoms with Crippen LogP contribution in [0.3, 0.4) is 0 Å². The van der Waals surface area contributed by atoms with Crippen LogP contribution in [0, 0.1) is 0 Å². The molecule has 0 aliphatic rings. The van der Waals surface area contributed by atoms with Gasteiger partial charge >= 0.3 is 0 Å². The average Bonchev–Trinajstić information content (AvgIpc) is 2.27. The first kappa shape index (κ1) is 21.4. The van der Waals surface area contributed by atoms with Gasteiger partial charge in [-0.25, -0.2) is 0 Å². The summed E-state index contributed by atoms with van der Waals surface area (Å²) in [4.78, 5) is 0. The molecule has 19 heavy (non-hydrogen) atoms. The molecule has 0 rings (SSSR count). The Morgan fingerprint density at radius 2 is 1.16 bits per heavy atom. The van der Waals surface area contributed by atoms with Crippen LogP contribution in [0.4, 0.5) is 0 Å². The molecule has 0 atom stereocenters. The zero-order valence-corrected chi connectivity index (χ0v) is 20.8. The minimum atomic E-state index is -1.47. The summed E-state index contributed by atoms with van der Waals surface area (Å²) in [6, 6.07) is 2.64. The van der Waals surface area contributed by atoms with E-state index in [-0.39, 0.29) is 0 Å². The molecular weight excluding hydrogens is 532 g/mol. The summed E-state index contributed by atoms with van der Waals surface area (Å²) in [5, 5.41) is -2.13. The van der Waals surface area contributed by atoms with Gasteiger partial charge in [0.25, 0.3) is 0 Å². The minimum absolute atomic E-state index is 0.816. The van der Waals surface area contributed by atoms with Crippen molar-refractivity contribution in [3.63, 3.8) is 0 Å². The Morgan fingerprint density at radius 1 is 0.684 bits per heavy atom. The van der Waals surface area contributed by atoms with Crippen molar-refractivity contribution >= 4 is 71.8 Å². The molecule has 0 fully saturated rings. The van der Waals surface area contributed by atoms with Gasteiger partial charge in [0.2, 0.25) is 10.6 Å². The SMILES string of the molecule is CCCCCCC([Si](Br)(Br)CCC)[Si](Br)(Br)CCC. The quantitative estimate of drug-likeness (QED) is 0.136. The highest BCUT2D eigenvalue weighted by Crippen LogP contribution is 2.53. The molecule has 0 aromatic rings. The predicted octanol–water partition coefficient (Wildman–Crippen LogP) is 8.15. The molecule has 0 aromatic heterocycles. The average molecular weight is 560 g/mol. The molecule has 0 spiro atoms. The van der Waals surface area contributed by atoms with Crippen LogP contribution in [0.15, 0.2) is 0 Å². The Labute approximate surface area is 153 Å². The van der Waals surface area contributed by atoms with Gasteiger partial charge in [-0.3, -0.25) is 0 Å². The molecule has 0 nitrogen and oxygen atoms in total. The molecule has 116 valence electrons. The van der Waals surface area contributed by atoms with E-state index in [1.54, 1.807) is 0 Å². The number of rotatable bonds is 11. The first-order valence-electron chi connectivity index (χ1n) is 7.57. The van der Waals surface area contributed by atoms with Crippen molar-refractivity contribution in [3.05, 3.63) is 0 Å². The van der Waals surface area contributed by atoms with Crippen molar-refractivity contribution in [1.82, 2.24) is 0 Å². The lowest BCUT2D eigenvalue weighted by Gasteiger charge is -2.36. The molecule has 6 heteroatoms. The lowest BCUT2D eigenvalue weighted by molar-refractivity contribution is 0.642. The Morgan fingerprint density at radius 3 is 1.53 bits per heavy atom. The summed E-state index contributed by atoms with van der Waals surface area (Å²) in [5.74, 6) is 0. The maximum atomic E-state index is 4.11. The van der Waals surface area contributed by atoms with Crippen LogP contribution in [0.5, 0.6) is 0 Å². The van der Waals surface area contributed by atoms with Crippen LogP contribution in [0.2, 0.25) is 17.3 Å². The molecule has 0 aliphatic carbocycles. The molecule has 0 saturated carbocycles. The Bertz CT molecular complexity index is 217. The van der Waals surface area contributed by atoms with Crippen LogP contribution in [-0.2, 0) is 0 Å². The fourth-order valence-corrected chi connectivity index (χ4v) is 41.8. The van der Waals surface area contributed by atoms with Gasteiger partial charge in [-0.1, -0.05) is 65.7 Å². The molecule has 0 unspecified atom stereocenters. The number of unbranched alkanes of at least 4 members (excludes halogenated alkanes) is 3. The van der Waals surface area contributed by atoms with E-state index >= 15 is 0 Å². The molecule has 0 bridgehead atoms. The summed E-state index contributed by atoms with van der Waals surface area (Å²) in [6.45, 7) is 6.88. The van der Waals surface area contributed by atoms with Gasteiger partial charge in [-0.2, -0.15) is 0 Å². The second-order valence-corrected chi connectivity index (χ2v) is 34.8. The minimum Gasteiger partial charge on any atom is -0.111 e. The first-order valence-corrected chi connectivity index (χ1v) is 21.2. The van der Waals surface area contributed by atoms with Gasteiger partial charge in [0.1, 0.15) is 0 Å². The number of hydrogen-bond acceptors (Lipinski definition) is 0. The topological polar surface area (TPSA) is 0 Å². The third kappa shape index (κ3) is 8.53. The van der Waals surface area contributed by atoms with Gasteiger partial charge in [-0.05, 0) is 17.3 Å². The second kappa shape index (κ2) is 11.0. The fraction of sp³-hybridized carbons (Fsp3) is 1.00. The van der Waals surface area contributed by atoms with Crippen LogP contribution < -0.4 is 0 Å². The summed E-state index contributed by atoms with van der Waals surface area (Å²) >= 11 is 16.5. The molecule has 0 saturated heterocycles. The van der Waals surface area contributed by atoms with Gasteiger partial charge in [-0.15, -0.1) is 61.2 Å². The fourth-order valence-electron chi connectivity index (χ4n) is 2.52. The third-order valence-electron chi connectivity index (χ3n) is 3.53. The van der Waals surface area contributed by atoms with Crippen molar-refractivity contribution in [3.8, 4) is 0 Å². The first-order chi connectivity index (χ1) is 8.81. The van der Waals surface area contributed by atoms with E-state index in [0.29, 0.717) is 0 Å². The lowest BCUT2D eigenvalue weighted by Crippen LogP contribution is -2.40. The normalized spacial score (nSPS) is 13.3. The molecular formula is C13H28Br4Si2. The van der Waals surface area contributed by atoms with Crippen LogP contribution in [0.1, 0.15) is 65.7 Å². The van der Waals surface area contributed by atoms with Crippen molar-refractivity contribution in [2.75, 3.05) is 0 Å². The predicted molar refractivity (Wildman–Crippen MR) is 110 cm³/mol. The monoisotopic (exact) mass is 556 g/mol. The van der Waals surface area contributed by atoms with Crippen molar-refractivity contribution in [2.24, 2.45) is 0 Å². The van der Waals surface area contributed by atoms with Crippen LogP contribution in [-0.4, -0.2) is 10.6 Å². The second-order valence-electron chi connectivity index (χ2n) is 5.42. The summed E-state index contributed by atoms with van der Waals surface area (Å²) < 4.78 is 0. The molecule has 0 amide bonds. The van der Waals surface area contributed by atoms with E-state index in [1.807, 2.05) is 0 Å². The van der Waals surface area contributed by atoms with E-state index in [1.165, 1.54) is 57.0 Å². The Kier molecular flexibility index (Phi) is 12.3. The van der Waals surface area contributed by atoms with Crippen LogP contribution in [0.25, 0.3) is 0 Å². The summed E-state index contributed by atoms with van der Waals surface area (Å²) in [5.41, 5.74) is 0. The number of halogens is 4. The third-order valence-corrected chi connectivity index (χ3v) is 27.9. The maximum absolute atomic E-state index is 4.11. The maximum Gasteiger partial charge on any atom is 0.203 e. The number of hydrogen-bond donors (Lipinski definition) is 0. The highest BCUT2D eigenvalue weighted by molar-refractivity contribution is 9.53. The van der Waals surface area contributed by atoms with Crippen molar-refractivity contribution in [1.29, 1.82) is 0 Å². The summed E-state index contributed by atoms with van der Waals surface area (Å²) in [7, 11) is 0. The standard InChI is InChI=1S/C13H28Br4Si2/c1-4-7-8-9-10-13(18(14,15)11-5-2)19(16,17)12-6-3/h13H,4-12H2,1-3H3. The van der Waals surface area contributed by atoms with Crippen LogP contribution >= 0.6 is 61.2 Å². The lowest BCUT2D eigenvalue weighted by atomic mass is 10.2. The molecule has 0 heterocycles. The molecule has 0 radical (unpaired) electrons. The van der Waals surface area contributed by atoms with E-state index in [9.17, 15) is 0 Å². The van der Waals surface area contributed by atoms with Gasteiger partial charge in [0.05, 0.1) is 0 Å². The summed E-state index contributed by atoms with van der Waals surface area (Å²) in [6.07, 6.45) is 9.38. The van der Waals surface area contributed by atoms with E-state index in [0.717, 1.165) is 5.16 Å². The molecule has 0 aromatic carbocycles. The smallest absolute Gasteiger partial charge is 0.111 e. The highest BCUT2D eigenvalue weighted by atomic mass is 79.9. The Balaban J connectivity index is 4.72. The van der Waals surface area contributed by atoms with E-state index < -0.39 is 10.6 Å². The van der Waals surface area contributed by atoms with Crippen molar-refractivity contribution in [2.45, 2.75) is 83.0 Å². The largest absolute Gasteiger partial charge is 0.203 e. The van der Waals surface area contributed by atoms with Gasteiger partial charge < -0.3 is 0 Å². The molecule has 0 N–H and O–H groups in total. The highest BCUT2D eigenvalue weighted by Gasteiger charge is 2.48. The van der Waals surface area contributed by atoms with E-state index in [2.05, 4.69) is 81.9 Å².